The molecule has 0 spiro atoms. The Morgan fingerprint density at radius 2 is 2.38 bits per heavy atom. The van der Waals surface area contributed by atoms with E-state index in [9.17, 15) is 4.79 Å². The zero-order chi connectivity index (χ0) is 9.26. The summed E-state index contributed by atoms with van der Waals surface area (Å²) in [6.07, 6.45) is 5.39. The van der Waals surface area contributed by atoms with Gasteiger partial charge in [0, 0.05) is 31.1 Å². The molecule has 1 fully saturated rings. The minimum Gasteiger partial charge on any atom is -0.362 e. The van der Waals surface area contributed by atoms with Crippen molar-refractivity contribution in [3.63, 3.8) is 0 Å². The lowest BCUT2D eigenvalue weighted by atomic mass is 10.2. The van der Waals surface area contributed by atoms with Gasteiger partial charge in [0.15, 0.2) is 0 Å². The molecule has 1 aliphatic heterocycles. The standard InChI is InChI=1S/C10H12N2O/c1-12-9(4-5-10(12)13)7-8-3-2-6-11-8/h2-3,6-7,11H,4-5H2,1H3/b9-7-. The Hall–Kier alpha value is -1.51. The fourth-order valence-corrected chi connectivity index (χ4v) is 1.51. The number of amides is 1. The molecule has 0 bridgehead atoms. The molecule has 1 aromatic rings. The Bertz CT molecular complexity index is 338. The van der Waals surface area contributed by atoms with Crippen molar-refractivity contribution in [3.05, 3.63) is 29.7 Å². The number of H-pyrrole nitrogens is 1. The van der Waals surface area contributed by atoms with Gasteiger partial charge >= 0.3 is 0 Å². The van der Waals surface area contributed by atoms with E-state index < -0.39 is 0 Å². The summed E-state index contributed by atoms with van der Waals surface area (Å²) in [5.74, 6) is 0.206. The Labute approximate surface area is 77.1 Å². The second kappa shape index (κ2) is 3.09. The quantitative estimate of drug-likeness (QED) is 0.693. The number of carbonyl (C=O) groups excluding carboxylic acids is 1. The summed E-state index contributed by atoms with van der Waals surface area (Å²) in [5, 5.41) is 0. The fourth-order valence-electron chi connectivity index (χ4n) is 1.51. The number of likely N-dealkylation sites (tertiary alicyclic amines) is 1. The van der Waals surface area contributed by atoms with Gasteiger partial charge in [-0.25, -0.2) is 0 Å². The number of nitrogens with zero attached hydrogens (tertiary/aromatic N) is 1. The van der Waals surface area contributed by atoms with Crippen LogP contribution in [0.25, 0.3) is 6.08 Å². The molecule has 0 atom stereocenters. The maximum absolute atomic E-state index is 11.2. The summed E-state index contributed by atoms with van der Waals surface area (Å²) < 4.78 is 0. The Morgan fingerprint density at radius 1 is 1.54 bits per heavy atom. The molecule has 68 valence electrons. The third-order valence-corrected chi connectivity index (χ3v) is 2.34. The van der Waals surface area contributed by atoms with Gasteiger partial charge in [0.2, 0.25) is 5.91 Å². The van der Waals surface area contributed by atoms with Gasteiger partial charge in [0.1, 0.15) is 0 Å². The van der Waals surface area contributed by atoms with Crippen molar-refractivity contribution in [2.24, 2.45) is 0 Å². The number of carbonyl (C=O) groups is 1. The van der Waals surface area contributed by atoms with E-state index in [1.165, 1.54) is 0 Å². The average Bonchev–Trinajstić information content (AvgIpc) is 2.71. The lowest BCUT2D eigenvalue weighted by molar-refractivity contribution is -0.125. The molecule has 3 heteroatoms. The largest absolute Gasteiger partial charge is 0.362 e. The van der Waals surface area contributed by atoms with Crippen molar-refractivity contribution in [1.29, 1.82) is 0 Å². The second-order valence-electron chi connectivity index (χ2n) is 3.21. The number of aromatic nitrogens is 1. The summed E-state index contributed by atoms with van der Waals surface area (Å²) in [7, 11) is 1.82. The Kier molecular flexibility index (Phi) is 1.93. The van der Waals surface area contributed by atoms with Crippen LogP contribution in [0.15, 0.2) is 24.0 Å². The van der Waals surface area contributed by atoms with Crippen LogP contribution >= 0.6 is 0 Å². The molecule has 3 nitrogen and oxygen atoms in total. The minimum atomic E-state index is 0.206. The first-order valence-electron chi connectivity index (χ1n) is 4.38. The van der Waals surface area contributed by atoms with Crippen molar-refractivity contribution in [1.82, 2.24) is 9.88 Å². The van der Waals surface area contributed by atoms with Gasteiger partial charge < -0.3 is 9.88 Å². The van der Waals surface area contributed by atoms with E-state index in [0.717, 1.165) is 17.8 Å². The van der Waals surface area contributed by atoms with Crippen LogP contribution < -0.4 is 0 Å². The van der Waals surface area contributed by atoms with Crippen LogP contribution in [0.4, 0.5) is 0 Å². The molecular formula is C10H12N2O. The highest BCUT2D eigenvalue weighted by Crippen LogP contribution is 2.21. The molecule has 0 aliphatic carbocycles. The van der Waals surface area contributed by atoms with Gasteiger partial charge in [-0.05, 0) is 24.6 Å². The number of hydrogen-bond donors (Lipinski definition) is 1. The van der Waals surface area contributed by atoms with E-state index in [1.54, 1.807) is 4.90 Å². The normalized spacial score (nSPS) is 20.2. The molecule has 13 heavy (non-hydrogen) atoms. The van der Waals surface area contributed by atoms with Crippen molar-refractivity contribution in [2.75, 3.05) is 7.05 Å². The zero-order valence-corrected chi connectivity index (χ0v) is 7.58. The molecule has 1 aliphatic rings. The van der Waals surface area contributed by atoms with Crippen LogP contribution in [-0.4, -0.2) is 22.8 Å². The van der Waals surface area contributed by atoms with Crippen molar-refractivity contribution in [2.45, 2.75) is 12.8 Å². The lowest BCUT2D eigenvalue weighted by Crippen LogP contribution is -2.16. The first kappa shape index (κ1) is 8.10. The Morgan fingerprint density at radius 3 is 2.92 bits per heavy atom. The molecule has 1 amide bonds. The molecular weight excluding hydrogens is 164 g/mol. The topological polar surface area (TPSA) is 36.1 Å². The fraction of sp³-hybridized carbons (Fsp3) is 0.300. The summed E-state index contributed by atoms with van der Waals surface area (Å²) >= 11 is 0. The summed E-state index contributed by atoms with van der Waals surface area (Å²) in [4.78, 5) is 16.0. The minimum absolute atomic E-state index is 0.206. The van der Waals surface area contributed by atoms with E-state index in [4.69, 9.17) is 0 Å². The maximum atomic E-state index is 11.2. The van der Waals surface area contributed by atoms with E-state index in [0.29, 0.717) is 6.42 Å². The van der Waals surface area contributed by atoms with Gasteiger partial charge in [-0.3, -0.25) is 4.79 Å². The molecule has 0 radical (unpaired) electrons. The highest BCUT2D eigenvalue weighted by Gasteiger charge is 2.21. The van der Waals surface area contributed by atoms with Crippen molar-refractivity contribution in [3.8, 4) is 0 Å². The van der Waals surface area contributed by atoms with Crippen LogP contribution in [-0.2, 0) is 4.79 Å². The highest BCUT2D eigenvalue weighted by atomic mass is 16.2. The van der Waals surface area contributed by atoms with Crippen LogP contribution in [0.2, 0.25) is 0 Å². The van der Waals surface area contributed by atoms with Crippen LogP contribution in [0.5, 0.6) is 0 Å². The monoisotopic (exact) mass is 176 g/mol. The van der Waals surface area contributed by atoms with E-state index in [1.807, 2.05) is 31.5 Å². The second-order valence-corrected chi connectivity index (χ2v) is 3.21. The predicted octanol–water partition coefficient (Wildman–Crippen LogP) is 1.61. The predicted molar refractivity (Wildman–Crippen MR) is 50.8 cm³/mol. The van der Waals surface area contributed by atoms with Gasteiger partial charge in [-0.2, -0.15) is 0 Å². The smallest absolute Gasteiger partial charge is 0.226 e. The molecule has 0 aromatic carbocycles. The summed E-state index contributed by atoms with van der Waals surface area (Å²) in [6.45, 7) is 0. The molecule has 2 heterocycles. The first-order valence-corrected chi connectivity index (χ1v) is 4.38. The number of hydrogen-bond acceptors (Lipinski definition) is 1. The molecule has 1 aromatic heterocycles. The molecule has 2 rings (SSSR count). The van der Waals surface area contributed by atoms with E-state index >= 15 is 0 Å². The molecule has 0 saturated carbocycles. The number of rotatable bonds is 1. The summed E-state index contributed by atoms with van der Waals surface area (Å²) in [6, 6.07) is 3.94. The number of nitrogens with one attached hydrogen (secondary N) is 1. The molecule has 1 saturated heterocycles. The third kappa shape index (κ3) is 1.49. The molecule has 1 N–H and O–H groups in total. The van der Waals surface area contributed by atoms with Gasteiger partial charge in [-0.15, -0.1) is 0 Å². The van der Waals surface area contributed by atoms with E-state index in [2.05, 4.69) is 4.98 Å². The average molecular weight is 176 g/mol. The van der Waals surface area contributed by atoms with Crippen LogP contribution in [0, 0.1) is 0 Å². The van der Waals surface area contributed by atoms with Crippen molar-refractivity contribution >= 4 is 12.0 Å². The van der Waals surface area contributed by atoms with Crippen LogP contribution in [0.1, 0.15) is 18.5 Å². The van der Waals surface area contributed by atoms with E-state index in [-0.39, 0.29) is 5.91 Å². The number of aromatic amines is 1. The van der Waals surface area contributed by atoms with Gasteiger partial charge in [-0.1, -0.05) is 0 Å². The maximum Gasteiger partial charge on any atom is 0.226 e. The first-order chi connectivity index (χ1) is 6.27. The van der Waals surface area contributed by atoms with Gasteiger partial charge in [0.25, 0.3) is 0 Å². The summed E-state index contributed by atoms with van der Waals surface area (Å²) in [5.41, 5.74) is 2.14. The lowest BCUT2D eigenvalue weighted by Gasteiger charge is -2.09. The zero-order valence-electron chi connectivity index (χ0n) is 7.58. The van der Waals surface area contributed by atoms with Crippen molar-refractivity contribution < 1.29 is 4.79 Å². The SMILES string of the molecule is CN1C(=O)CC/C1=C/c1ccc[nH]1. The van der Waals surface area contributed by atoms with Crippen LogP contribution in [0.3, 0.4) is 0 Å². The van der Waals surface area contributed by atoms with Gasteiger partial charge in [0.05, 0.1) is 0 Å². The highest BCUT2D eigenvalue weighted by molar-refractivity contribution is 5.82. The third-order valence-electron chi connectivity index (χ3n) is 2.34. The molecule has 0 unspecified atom stereocenters. The number of allylic oxidation sites excluding steroid dienone is 1. The Balaban J connectivity index is 2.22.